The van der Waals surface area contributed by atoms with E-state index in [4.69, 9.17) is 9.90 Å². The number of nitrogens with zero attached hydrogens (tertiary/aromatic N) is 1. The van der Waals surface area contributed by atoms with Crippen molar-refractivity contribution >= 4 is 12.4 Å². The summed E-state index contributed by atoms with van der Waals surface area (Å²) < 4.78 is 0. The van der Waals surface area contributed by atoms with Crippen LogP contribution in [0.25, 0.3) is 0 Å². The zero-order valence-electron chi connectivity index (χ0n) is 23.3. The van der Waals surface area contributed by atoms with Crippen LogP contribution in [-0.4, -0.2) is 57.4 Å². The molecule has 4 rings (SSSR count). The van der Waals surface area contributed by atoms with Gasteiger partial charge in [0, 0.05) is 0 Å². The first kappa shape index (κ1) is 31.0. The van der Waals surface area contributed by atoms with Crippen LogP contribution in [0.15, 0.2) is 84.9 Å². The molecule has 7 heteroatoms. The lowest BCUT2D eigenvalue weighted by molar-refractivity contribution is -0.142. The molecule has 0 unspecified atom stereocenters. The van der Waals surface area contributed by atoms with Gasteiger partial charge in [0.15, 0.2) is 0 Å². The highest BCUT2D eigenvalue weighted by Gasteiger charge is 2.41. The van der Waals surface area contributed by atoms with Gasteiger partial charge in [-0.2, -0.15) is 0 Å². The molecule has 0 bridgehead atoms. The summed E-state index contributed by atoms with van der Waals surface area (Å²) in [7, 11) is 0. The smallest absolute Gasteiger partial charge is 0.313 e. The van der Waals surface area contributed by atoms with Crippen molar-refractivity contribution < 1.29 is 30.0 Å². The van der Waals surface area contributed by atoms with Crippen LogP contribution in [0.5, 0.6) is 0 Å². The number of hydrogen-bond donors (Lipinski definition) is 4. The fourth-order valence-corrected chi connectivity index (χ4v) is 5.52. The average Bonchev–Trinajstić information content (AvgIpc) is 2.98. The largest absolute Gasteiger partial charge is 0.483 e. The maximum atomic E-state index is 12.1. The van der Waals surface area contributed by atoms with E-state index in [0.29, 0.717) is 6.42 Å². The SMILES string of the molecule is CC(C)(C(=O)O)c1ccc([C@@H](O)CCCN2CCC(C(O)(c3ccccc3)c3ccccc3)CC2)cc1.O=CO. The lowest BCUT2D eigenvalue weighted by atomic mass is 9.72. The van der Waals surface area contributed by atoms with Gasteiger partial charge in [0.2, 0.25) is 0 Å². The molecule has 1 atom stereocenters. The second kappa shape index (κ2) is 14.2. The molecule has 0 saturated carbocycles. The molecule has 3 aromatic carbocycles. The first-order chi connectivity index (χ1) is 19.1. The summed E-state index contributed by atoms with van der Waals surface area (Å²) in [6.07, 6.45) is 2.77. The van der Waals surface area contributed by atoms with E-state index in [9.17, 15) is 20.1 Å². The predicted molar refractivity (Wildman–Crippen MR) is 155 cm³/mol. The molecule has 40 heavy (non-hydrogen) atoms. The van der Waals surface area contributed by atoms with Crippen LogP contribution in [0.2, 0.25) is 0 Å². The minimum atomic E-state index is -1.01. The number of benzene rings is 3. The van der Waals surface area contributed by atoms with E-state index in [2.05, 4.69) is 4.90 Å². The molecule has 0 aliphatic carbocycles. The van der Waals surface area contributed by atoms with Gasteiger partial charge < -0.3 is 25.3 Å². The number of hydrogen-bond acceptors (Lipinski definition) is 5. The van der Waals surface area contributed by atoms with Crippen molar-refractivity contribution in [2.45, 2.75) is 56.7 Å². The molecular weight excluding hydrogens is 506 g/mol. The molecular formula is C33H41NO6. The summed E-state index contributed by atoms with van der Waals surface area (Å²) in [5, 5.41) is 39.1. The predicted octanol–water partition coefficient (Wildman–Crippen LogP) is 5.21. The molecule has 1 saturated heterocycles. The van der Waals surface area contributed by atoms with Gasteiger partial charge >= 0.3 is 5.97 Å². The molecule has 3 aromatic rings. The van der Waals surface area contributed by atoms with Crippen molar-refractivity contribution in [2.75, 3.05) is 19.6 Å². The Hall–Kier alpha value is -3.52. The van der Waals surface area contributed by atoms with Crippen molar-refractivity contribution in [1.29, 1.82) is 0 Å². The van der Waals surface area contributed by atoms with E-state index in [1.165, 1.54) is 0 Å². The molecule has 0 radical (unpaired) electrons. The fraction of sp³-hybridized carbons (Fsp3) is 0.394. The van der Waals surface area contributed by atoms with Crippen molar-refractivity contribution in [3.8, 4) is 0 Å². The Morgan fingerprint density at radius 3 is 1.82 bits per heavy atom. The van der Waals surface area contributed by atoms with E-state index < -0.39 is 23.1 Å². The first-order valence-electron chi connectivity index (χ1n) is 13.8. The topological polar surface area (TPSA) is 118 Å². The minimum Gasteiger partial charge on any atom is -0.483 e. The highest BCUT2D eigenvalue weighted by molar-refractivity contribution is 5.80. The maximum absolute atomic E-state index is 12.1. The monoisotopic (exact) mass is 547 g/mol. The van der Waals surface area contributed by atoms with Crippen LogP contribution in [0.1, 0.15) is 67.9 Å². The van der Waals surface area contributed by atoms with E-state index in [1.54, 1.807) is 26.0 Å². The highest BCUT2D eigenvalue weighted by Crippen LogP contribution is 2.42. The zero-order valence-corrected chi connectivity index (χ0v) is 23.3. The third-order valence-electron chi connectivity index (χ3n) is 8.11. The Kier molecular flexibility index (Phi) is 11.0. The molecule has 0 amide bonds. The Morgan fingerprint density at radius 1 is 0.900 bits per heavy atom. The number of aliphatic carboxylic acids is 1. The number of aliphatic hydroxyl groups is 2. The Balaban J connectivity index is 0.00000141. The van der Waals surface area contributed by atoms with Gasteiger partial charge in [-0.3, -0.25) is 9.59 Å². The van der Waals surface area contributed by atoms with Crippen LogP contribution >= 0.6 is 0 Å². The molecule has 1 fully saturated rings. The Bertz CT molecular complexity index is 1150. The molecule has 214 valence electrons. The first-order valence-corrected chi connectivity index (χ1v) is 13.8. The summed E-state index contributed by atoms with van der Waals surface area (Å²) in [6, 6.07) is 27.3. The lowest BCUT2D eigenvalue weighted by Crippen LogP contribution is -2.44. The quantitative estimate of drug-likeness (QED) is 0.257. The van der Waals surface area contributed by atoms with Gasteiger partial charge in [0.25, 0.3) is 6.47 Å². The third kappa shape index (κ3) is 7.36. The Morgan fingerprint density at radius 2 is 1.38 bits per heavy atom. The molecule has 1 aliphatic rings. The fourth-order valence-electron chi connectivity index (χ4n) is 5.52. The summed E-state index contributed by atoms with van der Waals surface area (Å²) >= 11 is 0. The second-order valence-corrected chi connectivity index (χ2v) is 10.9. The number of carboxylic acids is 1. The highest BCUT2D eigenvalue weighted by atomic mass is 16.4. The zero-order chi connectivity index (χ0) is 29.2. The molecule has 1 heterocycles. The average molecular weight is 548 g/mol. The molecule has 1 aliphatic heterocycles. The van der Waals surface area contributed by atoms with Crippen molar-refractivity contribution in [3.05, 3.63) is 107 Å². The standard InChI is InChI=1S/C32H39NO4.CH2O2/c1-31(2,30(35)36)25-17-15-24(16-18-25)29(34)14-9-21-33-22-19-28(20-23-33)32(37,26-10-5-3-6-11-26)27-12-7-4-8-13-27;2-1-3/h3-8,10-13,15-18,28-29,34,37H,9,14,19-23H2,1-2H3,(H,35,36);1H,(H,2,3)/t29-;/m0./s1. The summed E-state index contributed by atoms with van der Waals surface area (Å²) in [5.74, 6) is -0.733. The van der Waals surface area contributed by atoms with Crippen LogP contribution in [0, 0.1) is 5.92 Å². The number of carboxylic acid groups (broad SMARTS) is 2. The van der Waals surface area contributed by atoms with E-state index in [1.807, 2.05) is 72.8 Å². The number of likely N-dealkylation sites (tertiary alicyclic amines) is 1. The van der Waals surface area contributed by atoms with Crippen molar-refractivity contribution in [3.63, 3.8) is 0 Å². The molecule has 4 N–H and O–H groups in total. The minimum absolute atomic E-state index is 0.132. The summed E-state index contributed by atoms with van der Waals surface area (Å²) in [6.45, 7) is 5.86. The molecule has 7 nitrogen and oxygen atoms in total. The van der Waals surface area contributed by atoms with Gasteiger partial charge in [-0.1, -0.05) is 84.9 Å². The van der Waals surface area contributed by atoms with Gasteiger partial charge in [-0.15, -0.1) is 0 Å². The summed E-state index contributed by atoms with van der Waals surface area (Å²) in [4.78, 5) is 22.3. The van der Waals surface area contributed by atoms with Crippen LogP contribution in [0.3, 0.4) is 0 Å². The van der Waals surface area contributed by atoms with Crippen LogP contribution in [-0.2, 0) is 20.6 Å². The van der Waals surface area contributed by atoms with Crippen LogP contribution in [0.4, 0.5) is 0 Å². The third-order valence-corrected chi connectivity index (χ3v) is 8.11. The van der Waals surface area contributed by atoms with Crippen LogP contribution < -0.4 is 0 Å². The van der Waals surface area contributed by atoms with Gasteiger partial charge in [0.05, 0.1) is 11.5 Å². The molecule has 0 aromatic heterocycles. The number of aliphatic hydroxyl groups excluding tert-OH is 1. The number of carbonyl (C=O) groups is 2. The maximum Gasteiger partial charge on any atom is 0.313 e. The van der Waals surface area contributed by atoms with E-state index in [0.717, 1.165) is 61.2 Å². The van der Waals surface area contributed by atoms with E-state index >= 15 is 0 Å². The van der Waals surface area contributed by atoms with Crippen molar-refractivity contribution in [2.24, 2.45) is 5.92 Å². The van der Waals surface area contributed by atoms with Gasteiger partial charge in [0.1, 0.15) is 5.60 Å². The number of piperidine rings is 1. The summed E-state index contributed by atoms with van der Waals surface area (Å²) in [5.41, 5.74) is 1.47. The Labute approximate surface area is 236 Å². The van der Waals surface area contributed by atoms with E-state index in [-0.39, 0.29) is 12.4 Å². The lowest BCUT2D eigenvalue weighted by Gasteiger charge is -2.42. The normalized spacial score (nSPS) is 15.5. The van der Waals surface area contributed by atoms with Crippen molar-refractivity contribution in [1.82, 2.24) is 4.90 Å². The van der Waals surface area contributed by atoms with Gasteiger partial charge in [-0.05, 0) is 87.3 Å². The second-order valence-electron chi connectivity index (χ2n) is 10.9. The number of rotatable bonds is 10. The molecule has 0 spiro atoms. The van der Waals surface area contributed by atoms with Gasteiger partial charge in [-0.25, -0.2) is 0 Å².